The Morgan fingerprint density at radius 3 is 2.88 bits per heavy atom. The number of hydrogen-bond acceptors (Lipinski definition) is 2. The van der Waals surface area contributed by atoms with Crippen molar-refractivity contribution in [3.8, 4) is 5.75 Å². The Morgan fingerprint density at radius 2 is 2.24 bits per heavy atom. The molecule has 1 aliphatic carbocycles. The summed E-state index contributed by atoms with van der Waals surface area (Å²) in [6.45, 7) is 2.12. The first kappa shape index (κ1) is 12.4. The zero-order valence-corrected chi connectivity index (χ0v) is 10.4. The second kappa shape index (κ2) is 4.65. The molecule has 0 saturated heterocycles. The molecule has 0 aliphatic heterocycles. The highest BCUT2D eigenvalue weighted by molar-refractivity contribution is 5.38. The van der Waals surface area contributed by atoms with Gasteiger partial charge in [-0.3, -0.25) is 0 Å². The number of benzene rings is 1. The van der Waals surface area contributed by atoms with Crippen LogP contribution in [0, 0.1) is 11.7 Å². The second-order valence-electron chi connectivity index (χ2n) is 5.08. The summed E-state index contributed by atoms with van der Waals surface area (Å²) >= 11 is 0. The van der Waals surface area contributed by atoms with Crippen molar-refractivity contribution in [2.45, 2.75) is 38.2 Å². The van der Waals surface area contributed by atoms with Crippen molar-refractivity contribution in [3.63, 3.8) is 0 Å². The fourth-order valence-corrected chi connectivity index (χ4v) is 2.81. The van der Waals surface area contributed by atoms with Crippen LogP contribution in [0.1, 0.15) is 38.2 Å². The first-order chi connectivity index (χ1) is 8.05. The average molecular weight is 238 g/mol. The van der Waals surface area contributed by atoms with E-state index in [1.54, 1.807) is 13.2 Å². The van der Waals surface area contributed by atoms with Crippen molar-refractivity contribution in [1.29, 1.82) is 0 Å². The van der Waals surface area contributed by atoms with Gasteiger partial charge in [-0.25, -0.2) is 4.39 Å². The highest BCUT2D eigenvalue weighted by Crippen LogP contribution is 2.43. The average Bonchev–Trinajstić information content (AvgIpc) is 2.28. The largest absolute Gasteiger partial charge is 0.496 e. The van der Waals surface area contributed by atoms with Crippen molar-refractivity contribution in [1.82, 2.24) is 0 Å². The Balaban J connectivity index is 2.40. The first-order valence-corrected chi connectivity index (χ1v) is 6.11. The smallest absolute Gasteiger partial charge is 0.125 e. The number of halogens is 1. The van der Waals surface area contributed by atoms with Crippen LogP contribution in [0.4, 0.5) is 4.39 Å². The minimum atomic E-state index is -0.939. The number of hydrogen-bond donors (Lipinski definition) is 1. The van der Waals surface area contributed by atoms with Crippen molar-refractivity contribution >= 4 is 0 Å². The van der Waals surface area contributed by atoms with Gasteiger partial charge in [0, 0.05) is 5.56 Å². The monoisotopic (exact) mass is 238 g/mol. The maximum atomic E-state index is 13.3. The third-order valence-electron chi connectivity index (χ3n) is 3.64. The van der Waals surface area contributed by atoms with Gasteiger partial charge in [0.2, 0.25) is 0 Å². The number of ether oxygens (including phenoxy) is 1. The van der Waals surface area contributed by atoms with Crippen LogP contribution in [0.2, 0.25) is 0 Å². The summed E-state index contributed by atoms with van der Waals surface area (Å²) in [6.07, 6.45) is 3.45. The zero-order valence-electron chi connectivity index (χ0n) is 10.4. The fourth-order valence-electron chi connectivity index (χ4n) is 2.81. The lowest BCUT2D eigenvalue weighted by Crippen LogP contribution is -2.32. The summed E-state index contributed by atoms with van der Waals surface area (Å²) < 4.78 is 18.6. The van der Waals surface area contributed by atoms with Crippen LogP contribution in [0.25, 0.3) is 0 Å². The third kappa shape index (κ3) is 2.44. The Labute approximate surface area is 101 Å². The SMILES string of the molecule is COc1ccc(F)cc1C1(O)CCCC(C)C1. The van der Waals surface area contributed by atoms with E-state index in [2.05, 4.69) is 6.92 Å². The fraction of sp³-hybridized carbons (Fsp3) is 0.571. The van der Waals surface area contributed by atoms with Gasteiger partial charge in [0.15, 0.2) is 0 Å². The van der Waals surface area contributed by atoms with Gasteiger partial charge in [0.1, 0.15) is 11.6 Å². The van der Waals surface area contributed by atoms with E-state index in [9.17, 15) is 9.50 Å². The summed E-state index contributed by atoms with van der Waals surface area (Å²) in [5.74, 6) is 0.706. The van der Waals surface area contributed by atoms with E-state index in [1.807, 2.05) is 0 Å². The molecule has 2 nitrogen and oxygen atoms in total. The second-order valence-corrected chi connectivity index (χ2v) is 5.08. The van der Waals surface area contributed by atoms with Crippen molar-refractivity contribution in [2.24, 2.45) is 5.92 Å². The van der Waals surface area contributed by atoms with E-state index in [0.717, 1.165) is 12.8 Å². The molecule has 1 aromatic rings. The standard InChI is InChI=1S/C14H19FO2/c1-10-4-3-7-14(16,9-10)12-8-11(15)5-6-13(12)17-2/h5-6,8,10,16H,3-4,7,9H2,1-2H3. The highest BCUT2D eigenvalue weighted by Gasteiger charge is 2.36. The maximum Gasteiger partial charge on any atom is 0.125 e. The third-order valence-corrected chi connectivity index (χ3v) is 3.64. The Hall–Kier alpha value is -1.09. The topological polar surface area (TPSA) is 29.5 Å². The van der Waals surface area contributed by atoms with Gasteiger partial charge in [-0.05, 0) is 43.4 Å². The molecule has 0 spiro atoms. The lowest BCUT2D eigenvalue weighted by Gasteiger charge is -2.36. The minimum absolute atomic E-state index is 0.326. The molecule has 1 aliphatic rings. The number of methoxy groups -OCH3 is 1. The number of rotatable bonds is 2. The van der Waals surface area contributed by atoms with E-state index in [4.69, 9.17) is 4.74 Å². The molecular weight excluding hydrogens is 219 g/mol. The molecule has 1 fully saturated rings. The molecule has 2 rings (SSSR count). The molecular formula is C14H19FO2. The van der Waals surface area contributed by atoms with E-state index >= 15 is 0 Å². The van der Waals surface area contributed by atoms with Gasteiger partial charge in [-0.2, -0.15) is 0 Å². The predicted octanol–water partition coefficient (Wildman–Crippen LogP) is 3.23. The van der Waals surface area contributed by atoms with Crippen LogP contribution >= 0.6 is 0 Å². The molecule has 94 valence electrons. The molecule has 0 amide bonds. The quantitative estimate of drug-likeness (QED) is 0.857. The molecule has 2 atom stereocenters. The van der Waals surface area contributed by atoms with Crippen LogP contribution in [-0.4, -0.2) is 12.2 Å². The van der Waals surface area contributed by atoms with Crippen LogP contribution < -0.4 is 4.74 Å². The highest BCUT2D eigenvalue weighted by atomic mass is 19.1. The van der Waals surface area contributed by atoms with E-state index < -0.39 is 5.60 Å². The van der Waals surface area contributed by atoms with Crippen LogP contribution in [0.15, 0.2) is 18.2 Å². The molecule has 0 bridgehead atoms. The van der Waals surface area contributed by atoms with Crippen LogP contribution in [0.5, 0.6) is 5.75 Å². The molecule has 1 aromatic carbocycles. The summed E-state index contributed by atoms with van der Waals surface area (Å²) in [7, 11) is 1.55. The van der Waals surface area contributed by atoms with Gasteiger partial charge in [-0.1, -0.05) is 13.3 Å². The minimum Gasteiger partial charge on any atom is -0.496 e. The van der Waals surface area contributed by atoms with E-state index in [-0.39, 0.29) is 5.82 Å². The van der Waals surface area contributed by atoms with E-state index in [0.29, 0.717) is 30.1 Å². The van der Waals surface area contributed by atoms with Crippen molar-refractivity contribution < 1.29 is 14.2 Å². The van der Waals surface area contributed by atoms with Gasteiger partial charge >= 0.3 is 0 Å². The Morgan fingerprint density at radius 1 is 1.47 bits per heavy atom. The molecule has 0 heterocycles. The molecule has 0 radical (unpaired) electrons. The van der Waals surface area contributed by atoms with Gasteiger partial charge < -0.3 is 9.84 Å². The Kier molecular flexibility index (Phi) is 3.38. The first-order valence-electron chi connectivity index (χ1n) is 6.11. The maximum absolute atomic E-state index is 13.3. The lowest BCUT2D eigenvalue weighted by atomic mass is 9.75. The zero-order chi connectivity index (χ0) is 12.5. The summed E-state index contributed by atoms with van der Waals surface area (Å²) in [4.78, 5) is 0. The van der Waals surface area contributed by atoms with E-state index in [1.165, 1.54) is 12.1 Å². The lowest BCUT2D eigenvalue weighted by molar-refractivity contribution is -0.0198. The van der Waals surface area contributed by atoms with Crippen molar-refractivity contribution in [3.05, 3.63) is 29.6 Å². The number of aliphatic hydroxyl groups is 1. The summed E-state index contributed by atoms with van der Waals surface area (Å²) in [5, 5.41) is 10.7. The van der Waals surface area contributed by atoms with Crippen molar-refractivity contribution in [2.75, 3.05) is 7.11 Å². The van der Waals surface area contributed by atoms with Gasteiger partial charge in [0.05, 0.1) is 12.7 Å². The summed E-state index contributed by atoms with van der Waals surface area (Å²) in [5.41, 5.74) is -0.350. The van der Waals surface area contributed by atoms with Crippen LogP contribution in [0.3, 0.4) is 0 Å². The predicted molar refractivity (Wildman–Crippen MR) is 64.5 cm³/mol. The Bertz CT molecular complexity index is 405. The van der Waals surface area contributed by atoms with Gasteiger partial charge in [-0.15, -0.1) is 0 Å². The molecule has 3 heteroatoms. The molecule has 2 unspecified atom stereocenters. The molecule has 1 saturated carbocycles. The molecule has 1 N–H and O–H groups in total. The van der Waals surface area contributed by atoms with Gasteiger partial charge in [0.25, 0.3) is 0 Å². The summed E-state index contributed by atoms with van der Waals surface area (Å²) in [6, 6.07) is 4.34. The molecule has 0 aromatic heterocycles. The molecule has 17 heavy (non-hydrogen) atoms. The normalized spacial score (nSPS) is 29.1. The van der Waals surface area contributed by atoms with Crippen LogP contribution in [-0.2, 0) is 5.60 Å².